The molecule has 0 amide bonds. The standard InChI is InChI=1S/C21H19ClFNO2/c1-25-17-11-7-16(8-12-17)24-13-15-5-9-18(10-6-15)26-14-19-20(22)3-2-4-21(19)23/h2-12,24H,13-14H2,1H3. The Kier molecular flexibility index (Phi) is 5.97. The summed E-state index contributed by atoms with van der Waals surface area (Å²) >= 11 is 6.00. The Balaban J connectivity index is 1.54. The Hall–Kier alpha value is -2.72. The van der Waals surface area contributed by atoms with E-state index in [4.69, 9.17) is 21.1 Å². The lowest BCUT2D eigenvalue weighted by Crippen LogP contribution is -2.01. The van der Waals surface area contributed by atoms with E-state index in [9.17, 15) is 4.39 Å². The molecular formula is C21H19ClFNO2. The van der Waals surface area contributed by atoms with Crippen molar-refractivity contribution >= 4 is 17.3 Å². The van der Waals surface area contributed by atoms with Crippen LogP contribution in [0.25, 0.3) is 0 Å². The molecule has 0 aromatic heterocycles. The summed E-state index contributed by atoms with van der Waals surface area (Å²) in [6.07, 6.45) is 0. The van der Waals surface area contributed by atoms with Crippen molar-refractivity contribution in [3.63, 3.8) is 0 Å². The van der Waals surface area contributed by atoms with Gasteiger partial charge in [0, 0.05) is 17.8 Å². The van der Waals surface area contributed by atoms with Gasteiger partial charge in [0.1, 0.15) is 23.9 Å². The summed E-state index contributed by atoms with van der Waals surface area (Å²) in [7, 11) is 1.65. The minimum Gasteiger partial charge on any atom is -0.497 e. The normalized spacial score (nSPS) is 10.4. The molecule has 0 radical (unpaired) electrons. The average molecular weight is 372 g/mol. The number of methoxy groups -OCH3 is 1. The molecule has 0 aliphatic heterocycles. The summed E-state index contributed by atoms with van der Waals surface area (Å²) in [6.45, 7) is 0.778. The number of hydrogen-bond acceptors (Lipinski definition) is 3. The van der Waals surface area contributed by atoms with Crippen molar-refractivity contribution in [1.29, 1.82) is 0 Å². The molecule has 0 saturated heterocycles. The number of benzene rings is 3. The fraction of sp³-hybridized carbons (Fsp3) is 0.143. The van der Waals surface area contributed by atoms with Crippen LogP contribution in [-0.2, 0) is 13.2 Å². The molecule has 0 atom stereocenters. The van der Waals surface area contributed by atoms with Gasteiger partial charge < -0.3 is 14.8 Å². The molecule has 0 unspecified atom stereocenters. The summed E-state index contributed by atoms with van der Waals surface area (Å²) in [5.74, 6) is 1.13. The maximum absolute atomic E-state index is 13.7. The van der Waals surface area contributed by atoms with Crippen LogP contribution < -0.4 is 14.8 Å². The average Bonchev–Trinajstić information content (AvgIpc) is 2.67. The van der Waals surface area contributed by atoms with E-state index in [-0.39, 0.29) is 12.4 Å². The van der Waals surface area contributed by atoms with E-state index < -0.39 is 0 Å². The maximum Gasteiger partial charge on any atom is 0.131 e. The molecule has 0 fully saturated rings. The SMILES string of the molecule is COc1ccc(NCc2ccc(OCc3c(F)cccc3Cl)cc2)cc1. The zero-order chi connectivity index (χ0) is 18.4. The summed E-state index contributed by atoms with van der Waals surface area (Å²) in [4.78, 5) is 0. The summed E-state index contributed by atoms with van der Waals surface area (Å²) < 4.78 is 24.5. The Morgan fingerprint density at radius 1 is 0.923 bits per heavy atom. The Bertz CT molecular complexity index is 831. The smallest absolute Gasteiger partial charge is 0.131 e. The van der Waals surface area contributed by atoms with Crippen LogP contribution in [0, 0.1) is 5.82 Å². The Morgan fingerprint density at radius 2 is 1.62 bits per heavy atom. The highest BCUT2D eigenvalue weighted by molar-refractivity contribution is 6.31. The monoisotopic (exact) mass is 371 g/mol. The van der Waals surface area contributed by atoms with Crippen molar-refractivity contribution in [1.82, 2.24) is 0 Å². The first-order valence-electron chi connectivity index (χ1n) is 8.18. The first-order valence-corrected chi connectivity index (χ1v) is 8.56. The van der Waals surface area contributed by atoms with Crippen molar-refractivity contribution < 1.29 is 13.9 Å². The second kappa shape index (κ2) is 8.59. The van der Waals surface area contributed by atoms with Gasteiger partial charge in [-0.2, -0.15) is 0 Å². The minimum atomic E-state index is -0.363. The Morgan fingerprint density at radius 3 is 2.27 bits per heavy atom. The maximum atomic E-state index is 13.7. The lowest BCUT2D eigenvalue weighted by Gasteiger charge is -2.10. The molecule has 3 nitrogen and oxygen atoms in total. The van der Waals surface area contributed by atoms with E-state index in [2.05, 4.69) is 5.32 Å². The van der Waals surface area contributed by atoms with Crippen LogP contribution in [-0.4, -0.2) is 7.11 Å². The largest absolute Gasteiger partial charge is 0.497 e. The van der Waals surface area contributed by atoms with Crippen LogP contribution in [0.5, 0.6) is 11.5 Å². The van der Waals surface area contributed by atoms with Crippen molar-refractivity contribution in [2.75, 3.05) is 12.4 Å². The predicted molar refractivity (Wildman–Crippen MR) is 103 cm³/mol. The van der Waals surface area contributed by atoms with Crippen molar-refractivity contribution in [2.24, 2.45) is 0 Å². The van der Waals surface area contributed by atoms with E-state index in [1.165, 1.54) is 6.07 Å². The zero-order valence-electron chi connectivity index (χ0n) is 14.3. The van der Waals surface area contributed by atoms with Gasteiger partial charge in [0.15, 0.2) is 0 Å². The molecule has 0 spiro atoms. The molecule has 3 aromatic carbocycles. The lowest BCUT2D eigenvalue weighted by atomic mass is 10.2. The molecule has 0 saturated carbocycles. The van der Waals surface area contributed by atoms with Crippen LogP contribution in [0.3, 0.4) is 0 Å². The van der Waals surface area contributed by atoms with Gasteiger partial charge in [-0.3, -0.25) is 0 Å². The first-order chi connectivity index (χ1) is 12.7. The molecule has 0 aliphatic rings. The third kappa shape index (κ3) is 4.67. The van der Waals surface area contributed by atoms with Gasteiger partial charge >= 0.3 is 0 Å². The van der Waals surface area contributed by atoms with Crippen LogP contribution in [0.15, 0.2) is 66.7 Å². The third-order valence-corrected chi connectivity index (χ3v) is 4.31. The van der Waals surface area contributed by atoms with Gasteiger partial charge in [0.2, 0.25) is 0 Å². The van der Waals surface area contributed by atoms with E-state index in [1.54, 1.807) is 19.2 Å². The van der Waals surface area contributed by atoms with Crippen LogP contribution >= 0.6 is 11.6 Å². The molecule has 0 heterocycles. The van der Waals surface area contributed by atoms with Crippen molar-refractivity contribution in [3.8, 4) is 11.5 Å². The van der Waals surface area contributed by atoms with E-state index >= 15 is 0 Å². The zero-order valence-corrected chi connectivity index (χ0v) is 15.1. The fourth-order valence-electron chi connectivity index (χ4n) is 2.44. The van der Waals surface area contributed by atoms with Gasteiger partial charge in [-0.15, -0.1) is 0 Å². The molecule has 3 rings (SSSR count). The highest BCUT2D eigenvalue weighted by atomic mass is 35.5. The molecule has 0 aliphatic carbocycles. The highest BCUT2D eigenvalue weighted by Crippen LogP contribution is 2.22. The number of halogens is 2. The van der Waals surface area contributed by atoms with Crippen LogP contribution in [0.2, 0.25) is 5.02 Å². The number of rotatable bonds is 7. The molecule has 26 heavy (non-hydrogen) atoms. The van der Waals surface area contributed by atoms with Gasteiger partial charge in [0.05, 0.1) is 12.1 Å². The topological polar surface area (TPSA) is 30.5 Å². The number of anilines is 1. The molecule has 3 aromatic rings. The predicted octanol–water partition coefficient (Wildman–Crippen LogP) is 5.68. The fourth-order valence-corrected chi connectivity index (χ4v) is 2.66. The van der Waals surface area contributed by atoms with Crippen molar-refractivity contribution in [3.05, 3.63) is 88.7 Å². The first kappa shape index (κ1) is 18.1. The molecular weight excluding hydrogens is 353 g/mol. The second-order valence-corrected chi connectivity index (χ2v) is 6.12. The van der Waals surface area contributed by atoms with Gasteiger partial charge in [-0.05, 0) is 54.1 Å². The summed E-state index contributed by atoms with van der Waals surface area (Å²) in [5, 5.41) is 3.71. The summed E-state index contributed by atoms with van der Waals surface area (Å²) in [6, 6.07) is 20.0. The lowest BCUT2D eigenvalue weighted by molar-refractivity contribution is 0.300. The van der Waals surface area contributed by atoms with E-state index in [0.29, 0.717) is 22.9 Å². The van der Waals surface area contributed by atoms with Gasteiger partial charge in [-0.1, -0.05) is 29.8 Å². The quantitative estimate of drug-likeness (QED) is 0.579. The Labute approximate surface area is 157 Å². The number of nitrogens with one attached hydrogen (secondary N) is 1. The highest BCUT2D eigenvalue weighted by Gasteiger charge is 2.07. The molecule has 0 bridgehead atoms. The van der Waals surface area contributed by atoms with Crippen LogP contribution in [0.1, 0.15) is 11.1 Å². The van der Waals surface area contributed by atoms with E-state index in [1.807, 2.05) is 48.5 Å². The van der Waals surface area contributed by atoms with Crippen molar-refractivity contribution in [2.45, 2.75) is 13.2 Å². The molecule has 5 heteroatoms. The third-order valence-electron chi connectivity index (χ3n) is 3.95. The van der Waals surface area contributed by atoms with E-state index in [0.717, 1.165) is 17.0 Å². The minimum absolute atomic E-state index is 0.0922. The van der Waals surface area contributed by atoms with Crippen LogP contribution in [0.4, 0.5) is 10.1 Å². The summed E-state index contributed by atoms with van der Waals surface area (Å²) in [5.41, 5.74) is 2.48. The number of hydrogen-bond donors (Lipinski definition) is 1. The van der Waals surface area contributed by atoms with Gasteiger partial charge in [0.25, 0.3) is 0 Å². The second-order valence-electron chi connectivity index (χ2n) is 5.71. The van der Waals surface area contributed by atoms with Gasteiger partial charge in [-0.25, -0.2) is 4.39 Å². The number of ether oxygens (including phenoxy) is 2. The molecule has 134 valence electrons. The molecule has 1 N–H and O–H groups in total.